The van der Waals surface area contributed by atoms with Gasteiger partial charge in [-0.25, -0.2) is 5.43 Å². The summed E-state index contributed by atoms with van der Waals surface area (Å²) in [5.41, 5.74) is 4.06. The normalized spacial score (nSPS) is 9.00. The van der Waals surface area contributed by atoms with Crippen LogP contribution in [-0.4, -0.2) is 6.67 Å². The van der Waals surface area contributed by atoms with Crippen molar-refractivity contribution in [3.8, 4) is 6.07 Å². The van der Waals surface area contributed by atoms with E-state index in [0.717, 1.165) is 5.69 Å². The number of nitrogens with zero attached hydrogens (tertiary/aromatic N) is 1. The fourth-order valence-electron chi connectivity index (χ4n) is 0.816. The first-order valence-electron chi connectivity index (χ1n) is 3.54. The molecule has 0 aliphatic rings. The molecule has 12 heavy (non-hydrogen) atoms. The van der Waals surface area contributed by atoms with Gasteiger partial charge in [-0.05, 0) is 24.3 Å². The van der Waals surface area contributed by atoms with Crippen LogP contribution in [0, 0.1) is 11.3 Å². The van der Waals surface area contributed by atoms with Crippen molar-refractivity contribution in [1.82, 2.24) is 5.43 Å². The predicted octanol–water partition coefficient (Wildman–Crippen LogP) is 0.391. The average Bonchev–Trinajstić information content (AvgIpc) is 2.15. The van der Waals surface area contributed by atoms with Gasteiger partial charge in [0, 0.05) is 5.69 Å². The van der Waals surface area contributed by atoms with Crippen molar-refractivity contribution in [2.24, 2.45) is 5.84 Å². The number of benzene rings is 1. The van der Waals surface area contributed by atoms with Crippen molar-refractivity contribution in [2.45, 2.75) is 0 Å². The molecule has 0 saturated carbocycles. The molecule has 4 heteroatoms. The molecule has 0 unspecified atom stereocenters. The molecule has 4 nitrogen and oxygen atoms in total. The van der Waals surface area contributed by atoms with Gasteiger partial charge in [0.25, 0.3) is 0 Å². The maximum atomic E-state index is 8.50. The number of nitrogens with one attached hydrogen (secondary N) is 2. The van der Waals surface area contributed by atoms with Gasteiger partial charge < -0.3 is 5.32 Å². The first-order valence-corrected chi connectivity index (χ1v) is 3.54. The molecule has 0 aromatic heterocycles. The van der Waals surface area contributed by atoms with E-state index in [2.05, 4.69) is 10.7 Å². The molecule has 0 bridgehead atoms. The minimum Gasteiger partial charge on any atom is -0.371 e. The number of nitriles is 1. The number of hydrogen-bond donors (Lipinski definition) is 3. The van der Waals surface area contributed by atoms with Crippen molar-refractivity contribution < 1.29 is 0 Å². The first kappa shape index (κ1) is 8.53. The van der Waals surface area contributed by atoms with Crippen molar-refractivity contribution in [2.75, 3.05) is 12.0 Å². The summed E-state index contributed by atoms with van der Waals surface area (Å²) < 4.78 is 0. The highest BCUT2D eigenvalue weighted by molar-refractivity contribution is 5.46. The van der Waals surface area contributed by atoms with E-state index < -0.39 is 0 Å². The van der Waals surface area contributed by atoms with E-state index in [1.54, 1.807) is 12.1 Å². The lowest BCUT2D eigenvalue weighted by atomic mass is 10.2. The standard InChI is InChI=1S/C8H10N4/c9-5-7-1-3-8(4-2-7)11-6-12-10/h1-4,11-12H,6,10H2. The second-order valence-corrected chi connectivity index (χ2v) is 2.25. The largest absolute Gasteiger partial charge is 0.371 e. The van der Waals surface area contributed by atoms with Crippen LogP contribution in [-0.2, 0) is 0 Å². The van der Waals surface area contributed by atoms with Crippen LogP contribution in [0.1, 0.15) is 5.56 Å². The second-order valence-electron chi connectivity index (χ2n) is 2.25. The van der Waals surface area contributed by atoms with Crippen LogP contribution in [0.4, 0.5) is 5.69 Å². The SMILES string of the molecule is N#Cc1ccc(NCNN)cc1. The minimum atomic E-state index is 0.506. The number of anilines is 1. The molecule has 0 fully saturated rings. The topological polar surface area (TPSA) is 73.9 Å². The summed E-state index contributed by atoms with van der Waals surface area (Å²) in [4.78, 5) is 0. The van der Waals surface area contributed by atoms with Gasteiger partial charge in [-0.2, -0.15) is 5.26 Å². The third-order valence-corrected chi connectivity index (χ3v) is 1.41. The van der Waals surface area contributed by atoms with E-state index >= 15 is 0 Å². The van der Waals surface area contributed by atoms with Crippen LogP contribution in [0.3, 0.4) is 0 Å². The van der Waals surface area contributed by atoms with Crippen LogP contribution < -0.4 is 16.6 Å². The van der Waals surface area contributed by atoms with Crippen molar-refractivity contribution in [1.29, 1.82) is 5.26 Å². The highest BCUT2D eigenvalue weighted by Gasteiger charge is 1.90. The molecular weight excluding hydrogens is 152 g/mol. The van der Waals surface area contributed by atoms with Gasteiger partial charge in [-0.1, -0.05) is 0 Å². The maximum absolute atomic E-state index is 8.50. The molecule has 0 radical (unpaired) electrons. The van der Waals surface area contributed by atoms with Gasteiger partial charge in [0.05, 0.1) is 18.3 Å². The molecule has 0 aliphatic heterocycles. The van der Waals surface area contributed by atoms with Gasteiger partial charge in [0.1, 0.15) is 0 Å². The molecule has 0 aliphatic carbocycles. The number of hydrogen-bond acceptors (Lipinski definition) is 4. The van der Waals surface area contributed by atoms with E-state index in [1.165, 1.54) is 0 Å². The van der Waals surface area contributed by atoms with E-state index in [4.69, 9.17) is 11.1 Å². The van der Waals surface area contributed by atoms with Crippen LogP contribution in [0.15, 0.2) is 24.3 Å². The van der Waals surface area contributed by atoms with Gasteiger partial charge in [-0.3, -0.25) is 5.84 Å². The highest BCUT2D eigenvalue weighted by Crippen LogP contribution is 2.07. The van der Waals surface area contributed by atoms with E-state index in [0.29, 0.717) is 12.2 Å². The van der Waals surface area contributed by atoms with Crippen molar-refractivity contribution >= 4 is 5.69 Å². The Bertz CT molecular complexity index is 272. The molecule has 0 amide bonds. The fourth-order valence-corrected chi connectivity index (χ4v) is 0.816. The summed E-state index contributed by atoms with van der Waals surface area (Å²) in [5.74, 6) is 5.07. The Kier molecular flexibility index (Phi) is 3.08. The molecule has 4 N–H and O–H groups in total. The summed E-state index contributed by atoms with van der Waals surface area (Å²) in [6.45, 7) is 0.506. The van der Waals surface area contributed by atoms with Gasteiger partial charge in [-0.15, -0.1) is 0 Å². The zero-order valence-corrected chi connectivity index (χ0v) is 6.54. The van der Waals surface area contributed by atoms with Crippen LogP contribution in [0.2, 0.25) is 0 Å². The predicted molar refractivity (Wildman–Crippen MR) is 47.0 cm³/mol. The number of nitrogens with two attached hydrogens (primary N) is 1. The number of hydrazine groups is 1. The van der Waals surface area contributed by atoms with Crippen molar-refractivity contribution in [3.05, 3.63) is 29.8 Å². The van der Waals surface area contributed by atoms with E-state index in [9.17, 15) is 0 Å². The first-order chi connectivity index (χ1) is 5.86. The van der Waals surface area contributed by atoms with Gasteiger partial charge >= 0.3 is 0 Å². The van der Waals surface area contributed by atoms with Crippen LogP contribution in [0.5, 0.6) is 0 Å². The fraction of sp³-hybridized carbons (Fsp3) is 0.125. The lowest BCUT2D eigenvalue weighted by Gasteiger charge is -2.03. The molecule has 0 atom stereocenters. The molecule has 1 rings (SSSR count). The Morgan fingerprint density at radius 1 is 1.33 bits per heavy atom. The van der Waals surface area contributed by atoms with Gasteiger partial charge in [0.15, 0.2) is 0 Å². The molecular formula is C8H10N4. The monoisotopic (exact) mass is 162 g/mol. The summed E-state index contributed by atoms with van der Waals surface area (Å²) in [6, 6.07) is 9.20. The lowest BCUT2D eigenvalue weighted by Crippen LogP contribution is -2.28. The smallest absolute Gasteiger partial charge is 0.0991 e. The van der Waals surface area contributed by atoms with E-state index in [1.807, 2.05) is 18.2 Å². The third kappa shape index (κ3) is 2.23. The Balaban J connectivity index is 2.60. The number of rotatable bonds is 3. The summed E-state index contributed by atoms with van der Waals surface area (Å²) in [7, 11) is 0. The van der Waals surface area contributed by atoms with E-state index in [-0.39, 0.29) is 0 Å². The Labute approximate surface area is 71.0 Å². The summed E-state index contributed by atoms with van der Waals surface area (Å²) in [6.07, 6.45) is 0. The van der Waals surface area contributed by atoms with Crippen LogP contribution in [0.25, 0.3) is 0 Å². The lowest BCUT2D eigenvalue weighted by molar-refractivity contribution is 0.790. The molecule has 0 spiro atoms. The molecule has 62 valence electrons. The summed E-state index contributed by atoms with van der Waals surface area (Å²) >= 11 is 0. The molecule has 0 heterocycles. The minimum absolute atomic E-state index is 0.506. The molecule has 0 saturated heterocycles. The quantitative estimate of drug-likeness (QED) is 0.341. The second kappa shape index (κ2) is 4.34. The zero-order chi connectivity index (χ0) is 8.81. The Morgan fingerprint density at radius 2 is 2.00 bits per heavy atom. The average molecular weight is 162 g/mol. The highest BCUT2D eigenvalue weighted by atomic mass is 15.3. The molecule has 1 aromatic rings. The van der Waals surface area contributed by atoms with Gasteiger partial charge in [0.2, 0.25) is 0 Å². The zero-order valence-electron chi connectivity index (χ0n) is 6.54. The Morgan fingerprint density at radius 3 is 2.50 bits per heavy atom. The van der Waals surface area contributed by atoms with Crippen molar-refractivity contribution in [3.63, 3.8) is 0 Å². The van der Waals surface area contributed by atoms with Crippen LogP contribution >= 0.6 is 0 Å². The Hall–Kier alpha value is -1.57. The maximum Gasteiger partial charge on any atom is 0.0991 e. The molecule has 1 aromatic carbocycles. The third-order valence-electron chi connectivity index (χ3n) is 1.41. The summed E-state index contributed by atoms with van der Waals surface area (Å²) in [5, 5.41) is 11.5.